The van der Waals surface area contributed by atoms with Gasteiger partial charge in [-0.3, -0.25) is 0 Å². The average Bonchev–Trinajstić information content (AvgIpc) is 2.31. The van der Waals surface area contributed by atoms with Crippen molar-refractivity contribution in [2.24, 2.45) is 5.73 Å². The summed E-state index contributed by atoms with van der Waals surface area (Å²) >= 11 is 6.07. The summed E-state index contributed by atoms with van der Waals surface area (Å²) in [6.07, 6.45) is 0.853. The van der Waals surface area contributed by atoms with Crippen LogP contribution >= 0.6 is 11.6 Å². The number of ether oxygens (including phenoxy) is 1. The molecule has 18 heavy (non-hydrogen) atoms. The summed E-state index contributed by atoms with van der Waals surface area (Å²) < 4.78 is 5.38. The first-order chi connectivity index (χ1) is 8.54. The standard InChI is InChI=1S/C14H23ClN2O/c1-4-18-8-7-17(3)14-10-13(15)6-5-12(14)9-11(2)16/h5-6,10-11H,4,7-9,16H2,1-3H3. The van der Waals surface area contributed by atoms with Crippen LogP contribution in [0.2, 0.25) is 5.02 Å². The molecule has 1 atom stereocenters. The molecule has 0 aliphatic carbocycles. The van der Waals surface area contributed by atoms with Crippen LogP contribution in [0.3, 0.4) is 0 Å². The Bertz CT molecular complexity index is 369. The highest BCUT2D eigenvalue weighted by atomic mass is 35.5. The molecule has 1 aromatic carbocycles. The minimum absolute atomic E-state index is 0.144. The number of halogens is 1. The number of anilines is 1. The van der Waals surface area contributed by atoms with Gasteiger partial charge in [0.2, 0.25) is 0 Å². The Morgan fingerprint density at radius 2 is 2.17 bits per heavy atom. The molecule has 0 radical (unpaired) electrons. The third kappa shape index (κ3) is 4.84. The Morgan fingerprint density at radius 1 is 1.44 bits per heavy atom. The maximum Gasteiger partial charge on any atom is 0.0641 e. The summed E-state index contributed by atoms with van der Waals surface area (Å²) in [4.78, 5) is 2.17. The van der Waals surface area contributed by atoms with Crippen LogP contribution in [-0.4, -0.2) is 32.8 Å². The molecular weight excluding hydrogens is 248 g/mol. The van der Waals surface area contributed by atoms with Gasteiger partial charge in [0.25, 0.3) is 0 Å². The van der Waals surface area contributed by atoms with Crippen LogP contribution in [0, 0.1) is 0 Å². The Labute approximate surface area is 115 Å². The first-order valence-electron chi connectivity index (χ1n) is 6.37. The van der Waals surface area contributed by atoms with E-state index in [-0.39, 0.29) is 6.04 Å². The van der Waals surface area contributed by atoms with Crippen molar-refractivity contribution in [2.75, 3.05) is 31.7 Å². The molecule has 2 N–H and O–H groups in total. The molecule has 1 aromatic rings. The molecule has 0 saturated carbocycles. The van der Waals surface area contributed by atoms with Crippen molar-refractivity contribution in [1.29, 1.82) is 0 Å². The molecular formula is C14H23ClN2O. The number of rotatable bonds is 7. The van der Waals surface area contributed by atoms with Gasteiger partial charge >= 0.3 is 0 Å². The first kappa shape index (κ1) is 15.3. The maximum absolute atomic E-state index is 6.07. The van der Waals surface area contributed by atoms with Crippen molar-refractivity contribution in [3.05, 3.63) is 28.8 Å². The van der Waals surface area contributed by atoms with Crippen LogP contribution in [0.4, 0.5) is 5.69 Å². The maximum atomic E-state index is 6.07. The van der Waals surface area contributed by atoms with Gasteiger partial charge in [0.1, 0.15) is 0 Å². The van der Waals surface area contributed by atoms with E-state index in [4.69, 9.17) is 22.1 Å². The second-order valence-corrected chi connectivity index (χ2v) is 5.01. The topological polar surface area (TPSA) is 38.5 Å². The van der Waals surface area contributed by atoms with E-state index in [1.165, 1.54) is 5.56 Å². The minimum Gasteiger partial charge on any atom is -0.380 e. The van der Waals surface area contributed by atoms with E-state index >= 15 is 0 Å². The predicted octanol–water partition coefficient (Wildman–Crippen LogP) is 2.70. The summed E-state index contributed by atoms with van der Waals surface area (Å²) in [6.45, 7) is 6.33. The van der Waals surface area contributed by atoms with Crippen molar-refractivity contribution in [1.82, 2.24) is 0 Å². The highest BCUT2D eigenvalue weighted by Gasteiger charge is 2.10. The van der Waals surface area contributed by atoms with Crippen molar-refractivity contribution in [3.8, 4) is 0 Å². The lowest BCUT2D eigenvalue weighted by Crippen LogP contribution is -2.25. The summed E-state index contributed by atoms with van der Waals surface area (Å²) in [5, 5.41) is 0.752. The second-order valence-electron chi connectivity index (χ2n) is 4.57. The van der Waals surface area contributed by atoms with Crippen LogP contribution in [0.25, 0.3) is 0 Å². The van der Waals surface area contributed by atoms with E-state index in [1.807, 2.05) is 26.0 Å². The van der Waals surface area contributed by atoms with E-state index in [0.29, 0.717) is 0 Å². The third-order valence-corrected chi connectivity index (χ3v) is 3.01. The monoisotopic (exact) mass is 270 g/mol. The molecule has 0 heterocycles. The molecule has 0 amide bonds. The molecule has 4 heteroatoms. The van der Waals surface area contributed by atoms with Gasteiger partial charge in [-0.1, -0.05) is 17.7 Å². The van der Waals surface area contributed by atoms with E-state index in [1.54, 1.807) is 0 Å². The molecule has 1 unspecified atom stereocenters. The molecule has 0 aromatic heterocycles. The average molecular weight is 271 g/mol. The number of likely N-dealkylation sites (N-methyl/N-ethyl adjacent to an activating group) is 1. The number of hydrogen-bond acceptors (Lipinski definition) is 3. The van der Waals surface area contributed by atoms with E-state index in [0.717, 1.165) is 36.9 Å². The van der Waals surface area contributed by atoms with Crippen LogP contribution in [0.15, 0.2) is 18.2 Å². The smallest absolute Gasteiger partial charge is 0.0641 e. The fraction of sp³-hybridized carbons (Fsp3) is 0.571. The zero-order valence-electron chi connectivity index (χ0n) is 11.4. The summed E-state index contributed by atoms with van der Waals surface area (Å²) in [7, 11) is 2.05. The molecule has 0 spiro atoms. The minimum atomic E-state index is 0.144. The summed E-state index contributed by atoms with van der Waals surface area (Å²) in [5.74, 6) is 0. The van der Waals surface area contributed by atoms with Gasteiger partial charge in [0, 0.05) is 37.0 Å². The summed E-state index contributed by atoms with van der Waals surface area (Å²) in [5.41, 5.74) is 8.25. The molecule has 3 nitrogen and oxygen atoms in total. The van der Waals surface area contributed by atoms with E-state index in [9.17, 15) is 0 Å². The fourth-order valence-electron chi connectivity index (χ4n) is 1.88. The van der Waals surface area contributed by atoms with Gasteiger partial charge < -0.3 is 15.4 Å². The van der Waals surface area contributed by atoms with Crippen LogP contribution in [-0.2, 0) is 11.2 Å². The Balaban J connectivity index is 2.79. The fourth-order valence-corrected chi connectivity index (χ4v) is 2.04. The molecule has 1 rings (SSSR count). The highest BCUT2D eigenvalue weighted by Crippen LogP contribution is 2.25. The quantitative estimate of drug-likeness (QED) is 0.775. The predicted molar refractivity (Wildman–Crippen MR) is 78.6 cm³/mol. The number of hydrogen-bond donors (Lipinski definition) is 1. The zero-order chi connectivity index (χ0) is 13.5. The Morgan fingerprint density at radius 3 is 2.78 bits per heavy atom. The highest BCUT2D eigenvalue weighted by molar-refractivity contribution is 6.30. The molecule has 0 saturated heterocycles. The van der Waals surface area contributed by atoms with Gasteiger partial charge in [0.05, 0.1) is 6.61 Å². The number of benzene rings is 1. The normalized spacial score (nSPS) is 12.5. The first-order valence-corrected chi connectivity index (χ1v) is 6.75. The second kappa shape index (κ2) is 7.62. The lowest BCUT2D eigenvalue weighted by molar-refractivity contribution is 0.154. The largest absolute Gasteiger partial charge is 0.380 e. The van der Waals surface area contributed by atoms with Gasteiger partial charge in [-0.25, -0.2) is 0 Å². The van der Waals surface area contributed by atoms with Gasteiger partial charge in [0.15, 0.2) is 0 Å². The molecule has 0 aliphatic rings. The van der Waals surface area contributed by atoms with Gasteiger partial charge in [-0.2, -0.15) is 0 Å². The van der Waals surface area contributed by atoms with E-state index in [2.05, 4.69) is 18.0 Å². The molecule has 0 fully saturated rings. The van der Waals surface area contributed by atoms with Gasteiger partial charge in [-0.05, 0) is 38.0 Å². The van der Waals surface area contributed by atoms with E-state index < -0.39 is 0 Å². The molecule has 102 valence electrons. The lowest BCUT2D eigenvalue weighted by Gasteiger charge is -2.23. The van der Waals surface area contributed by atoms with Crippen LogP contribution in [0.5, 0.6) is 0 Å². The number of nitrogens with two attached hydrogens (primary N) is 1. The zero-order valence-corrected chi connectivity index (χ0v) is 12.2. The Hall–Kier alpha value is -0.770. The van der Waals surface area contributed by atoms with Crippen molar-refractivity contribution >= 4 is 17.3 Å². The Kier molecular flexibility index (Phi) is 6.47. The van der Waals surface area contributed by atoms with Gasteiger partial charge in [-0.15, -0.1) is 0 Å². The third-order valence-electron chi connectivity index (χ3n) is 2.78. The van der Waals surface area contributed by atoms with Crippen LogP contribution < -0.4 is 10.6 Å². The SMILES string of the molecule is CCOCCN(C)c1cc(Cl)ccc1CC(C)N. The lowest BCUT2D eigenvalue weighted by atomic mass is 10.0. The van der Waals surface area contributed by atoms with Crippen molar-refractivity contribution < 1.29 is 4.74 Å². The van der Waals surface area contributed by atoms with Crippen molar-refractivity contribution in [3.63, 3.8) is 0 Å². The molecule has 0 bridgehead atoms. The van der Waals surface area contributed by atoms with Crippen LogP contribution in [0.1, 0.15) is 19.4 Å². The molecule has 0 aliphatic heterocycles. The number of nitrogens with zero attached hydrogens (tertiary/aromatic N) is 1. The van der Waals surface area contributed by atoms with Crippen molar-refractivity contribution in [2.45, 2.75) is 26.3 Å². The summed E-state index contributed by atoms with van der Waals surface area (Å²) in [6, 6.07) is 6.10.